The standard InChI is InChI=1S/C13H12BrClFN/c1-6(2)10-7(3)17-13-8(14)4-5-9(16)11(13)12(10)15/h4-6H,1-3H3. The molecular weight excluding hydrogens is 305 g/mol. The minimum absolute atomic E-state index is 0.220. The van der Waals surface area contributed by atoms with Gasteiger partial charge in [-0.25, -0.2) is 4.39 Å². The average Bonchev–Trinajstić information content (AvgIpc) is 2.22. The number of aryl methyl sites for hydroxylation is 1. The van der Waals surface area contributed by atoms with E-state index in [-0.39, 0.29) is 11.7 Å². The largest absolute Gasteiger partial charge is 0.251 e. The van der Waals surface area contributed by atoms with Gasteiger partial charge in [-0.1, -0.05) is 25.4 Å². The molecule has 0 aliphatic carbocycles. The van der Waals surface area contributed by atoms with Gasteiger partial charge in [0.2, 0.25) is 0 Å². The highest BCUT2D eigenvalue weighted by Crippen LogP contribution is 2.36. The van der Waals surface area contributed by atoms with Gasteiger partial charge < -0.3 is 0 Å². The molecular formula is C13H12BrClFN. The smallest absolute Gasteiger partial charge is 0.134 e. The number of aromatic nitrogens is 1. The minimum Gasteiger partial charge on any atom is -0.251 e. The van der Waals surface area contributed by atoms with E-state index >= 15 is 0 Å². The maximum atomic E-state index is 13.9. The van der Waals surface area contributed by atoms with Gasteiger partial charge in [-0.2, -0.15) is 0 Å². The summed E-state index contributed by atoms with van der Waals surface area (Å²) in [7, 11) is 0. The summed E-state index contributed by atoms with van der Waals surface area (Å²) in [6.45, 7) is 5.95. The van der Waals surface area contributed by atoms with Gasteiger partial charge in [0.1, 0.15) is 5.82 Å². The Labute approximate surface area is 113 Å². The quantitative estimate of drug-likeness (QED) is 0.702. The van der Waals surface area contributed by atoms with Gasteiger partial charge in [-0.05, 0) is 46.5 Å². The SMILES string of the molecule is Cc1nc2c(Br)ccc(F)c2c(Cl)c1C(C)C. The van der Waals surface area contributed by atoms with Crippen LogP contribution in [0.25, 0.3) is 10.9 Å². The lowest BCUT2D eigenvalue weighted by Crippen LogP contribution is -1.99. The zero-order valence-corrected chi connectivity index (χ0v) is 12.2. The molecule has 0 fully saturated rings. The van der Waals surface area contributed by atoms with Crippen LogP contribution in [-0.4, -0.2) is 4.98 Å². The van der Waals surface area contributed by atoms with Crippen molar-refractivity contribution in [2.75, 3.05) is 0 Å². The molecule has 1 aromatic heterocycles. The topological polar surface area (TPSA) is 12.9 Å². The molecule has 0 saturated carbocycles. The van der Waals surface area contributed by atoms with E-state index in [2.05, 4.69) is 20.9 Å². The highest BCUT2D eigenvalue weighted by atomic mass is 79.9. The molecule has 4 heteroatoms. The van der Waals surface area contributed by atoms with E-state index in [0.717, 1.165) is 15.7 Å². The summed E-state index contributed by atoms with van der Waals surface area (Å²) in [4.78, 5) is 4.45. The molecule has 1 aromatic carbocycles. The Kier molecular flexibility index (Phi) is 3.41. The normalized spacial score (nSPS) is 11.5. The first-order chi connectivity index (χ1) is 7.93. The highest BCUT2D eigenvalue weighted by molar-refractivity contribution is 9.10. The van der Waals surface area contributed by atoms with E-state index in [1.807, 2.05) is 20.8 Å². The maximum Gasteiger partial charge on any atom is 0.134 e. The molecule has 0 bridgehead atoms. The summed E-state index contributed by atoms with van der Waals surface area (Å²) in [5, 5.41) is 0.872. The Morgan fingerprint density at radius 3 is 2.59 bits per heavy atom. The molecule has 0 aliphatic heterocycles. The number of nitrogens with zero attached hydrogens (tertiary/aromatic N) is 1. The van der Waals surface area contributed by atoms with Gasteiger partial charge in [0, 0.05) is 10.2 Å². The van der Waals surface area contributed by atoms with Crippen LogP contribution in [0, 0.1) is 12.7 Å². The second-order valence-electron chi connectivity index (χ2n) is 4.33. The second kappa shape index (κ2) is 4.54. The summed E-state index contributed by atoms with van der Waals surface area (Å²) >= 11 is 9.69. The maximum absolute atomic E-state index is 13.9. The molecule has 2 rings (SSSR count). The van der Waals surface area contributed by atoms with Crippen molar-refractivity contribution < 1.29 is 4.39 Å². The van der Waals surface area contributed by atoms with E-state index in [0.29, 0.717) is 15.9 Å². The van der Waals surface area contributed by atoms with Gasteiger partial charge in [0.25, 0.3) is 0 Å². The molecule has 0 spiro atoms. The minimum atomic E-state index is -0.331. The van der Waals surface area contributed by atoms with Gasteiger partial charge in [0.15, 0.2) is 0 Å². The average molecular weight is 317 g/mol. The molecule has 2 aromatic rings. The Morgan fingerprint density at radius 1 is 1.35 bits per heavy atom. The molecule has 90 valence electrons. The van der Waals surface area contributed by atoms with Gasteiger partial charge in [-0.3, -0.25) is 4.98 Å². The molecule has 0 N–H and O–H groups in total. The molecule has 0 radical (unpaired) electrons. The first-order valence-corrected chi connectivity index (χ1v) is 6.54. The predicted octanol–water partition coefficient (Wildman–Crippen LogP) is 5.22. The molecule has 1 nitrogen and oxygen atoms in total. The summed E-state index contributed by atoms with van der Waals surface area (Å²) in [5.74, 6) is -0.111. The van der Waals surface area contributed by atoms with Crippen LogP contribution in [0.4, 0.5) is 4.39 Å². The lowest BCUT2D eigenvalue weighted by molar-refractivity contribution is 0.639. The van der Waals surface area contributed by atoms with Crippen LogP contribution in [0.1, 0.15) is 31.0 Å². The van der Waals surface area contributed by atoms with Gasteiger partial charge in [0.05, 0.1) is 15.9 Å². The Balaban J connectivity index is 2.97. The van der Waals surface area contributed by atoms with Crippen molar-refractivity contribution in [3.8, 4) is 0 Å². The van der Waals surface area contributed by atoms with Crippen LogP contribution in [-0.2, 0) is 0 Å². The number of benzene rings is 1. The first kappa shape index (κ1) is 12.8. The summed E-state index contributed by atoms with van der Waals surface area (Å²) in [6.07, 6.45) is 0. The van der Waals surface area contributed by atoms with Crippen LogP contribution in [0.5, 0.6) is 0 Å². The third kappa shape index (κ3) is 2.06. The molecule has 0 saturated heterocycles. The van der Waals surface area contributed by atoms with Crippen molar-refractivity contribution in [3.05, 3.63) is 38.7 Å². The van der Waals surface area contributed by atoms with E-state index in [1.54, 1.807) is 6.07 Å². The monoisotopic (exact) mass is 315 g/mol. The Hall–Kier alpha value is -0.670. The second-order valence-corrected chi connectivity index (χ2v) is 5.56. The van der Waals surface area contributed by atoms with Crippen molar-refractivity contribution in [1.82, 2.24) is 4.98 Å². The van der Waals surface area contributed by atoms with Crippen LogP contribution < -0.4 is 0 Å². The summed E-state index contributed by atoms with van der Waals surface area (Å²) < 4.78 is 14.6. The van der Waals surface area contributed by atoms with E-state index < -0.39 is 0 Å². The number of pyridine rings is 1. The summed E-state index contributed by atoms with van der Waals surface area (Å²) in [6, 6.07) is 3.05. The highest BCUT2D eigenvalue weighted by Gasteiger charge is 2.17. The van der Waals surface area contributed by atoms with Crippen LogP contribution >= 0.6 is 27.5 Å². The van der Waals surface area contributed by atoms with Crippen molar-refractivity contribution in [1.29, 1.82) is 0 Å². The molecule has 1 heterocycles. The van der Waals surface area contributed by atoms with Crippen molar-refractivity contribution >= 4 is 38.4 Å². The van der Waals surface area contributed by atoms with Crippen LogP contribution in [0.15, 0.2) is 16.6 Å². The van der Waals surface area contributed by atoms with Gasteiger partial charge in [-0.15, -0.1) is 0 Å². The van der Waals surface area contributed by atoms with Crippen molar-refractivity contribution in [2.24, 2.45) is 0 Å². The lowest BCUT2D eigenvalue weighted by Gasteiger charge is -2.14. The fourth-order valence-corrected chi connectivity index (χ4v) is 3.01. The number of hydrogen-bond donors (Lipinski definition) is 0. The van der Waals surface area contributed by atoms with Gasteiger partial charge >= 0.3 is 0 Å². The van der Waals surface area contributed by atoms with E-state index in [4.69, 9.17) is 11.6 Å². The molecule has 17 heavy (non-hydrogen) atoms. The Morgan fingerprint density at radius 2 is 2.00 bits per heavy atom. The molecule has 0 amide bonds. The summed E-state index contributed by atoms with van der Waals surface area (Å²) in [5.41, 5.74) is 2.34. The number of fused-ring (bicyclic) bond motifs is 1. The van der Waals surface area contributed by atoms with Crippen LogP contribution in [0.3, 0.4) is 0 Å². The zero-order valence-electron chi connectivity index (χ0n) is 9.81. The number of hydrogen-bond acceptors (Lipinski definition) is 1. The van der Waals surface area contributed by atoms with Crippen molar-refractivity contribution in [2.45, 2.75) is 26.7 Å². The van der Waals surface area contributed by atoms with E-state index in [1.165, 1.54) is 6.07 Å². The Bertz CT molecular complexity index is 596. The first-order valence-electron chi connectivity index (χ1n) is 5.37. The number of halogens is 3. The van der Waals surface area contributed by atoms with Crippen molar-refractivity contribution in [3.63, 3.8) is 0 Å². The van der Waals surface area contributed by atoms with Crippen LogP contribution in [0.2, 0.25) is 5.02 Å². The fraction of sp³-hybridized carbons (Fsp3) is 0.308. The lowest BCUT2D eigenvalue weighted by atomic mass is 9.99. The molecule has 0 atom stereocenters. The van der Waals surface area contributed by atoms with E-state index in [9.17, 15) is 4.39 Å². The molecule has 0 unspecified atom stereocenters. The molecule has 0 aliphatic rings. The zero-order chi connectivity index (χ0) is 12.7. The predicted molar refractivity (Wildman–Crippen MR) is 73.2 cm³/mol. The third-order valence-corrected chi connectivity index (χ3v) is 3.81. The number of rotatable bonds is 1. The third-order valence-electron chi connectivity index (χ3n) is 2.78. The fourth-order valence-electron chi connectivity index (χ4n) is 2.05.